The molecule has 1 atom stereocenters. The van der Waals surface area contributed by atoms with Crippen molar-refractivity contribution < 1.29 is 22.6 Å². The molecule has 2 N–H and O–H groups in total. The Bertz CT molecular complexity index is 619. The Balaban J connectivity index is 0.00000392. The van der Waals surface area contributed by atoms with Crippen molar-refractivity contribution in [2.75, 3.05) is 47.0 Å². The molecule has 2 heterocycles. The number of rotatable bonds is 8. The number of alkyl halides is 3. The van der Waals surface area contributed by atoms with Crippen LogP contribution in [0.4, 0.5) is 13.2 Å². The van der Waals surface area contributed by atoms with E-state index in [1.165, 1.54) is 4.90 Å². The first-order valence-electron chi connectivity index (χ1n) is 8.73. The predicted molar refractivity (Wildman–Crippen MR) is 111 cm³/mol. The molecule has 0 amide bonds. The van der Waals surface area contributed by atoms with Gasteiger partial charge < -0.3 is 20.1 Å². The van der Waals surface area contributed by atoms with Gasteiger partial charge in [-0.3, -0.25) is 9.89 Å². The Morgan fingerprint density at radius 2 is 2.18 bits per heavy atom. The average molecular weight is 517 g/mol. The van der Waals surface area contributed by atoms with Crippen LogP contribution in [0.1, 0.15) is 12.0 Å². The second-order valence-corrected chi connectivity index (χ2v) is 6.21. The van der Waals surface area contributed by atoms with Gasteiger partial charge in [0, 0.05) is 51.6 Å². The lowest BCUT2D eigenvalue weighted by Crippen LogP contribution is -2.45. The van der Waals surface area contributed by atoms with E-state index in [0.29, 0.717) is 51.1 Å². The van der Waals surface area contributed by atoms with Gasteiger partial charge >= 0.3 is 6.18 Å². The fraction of sp³-hybridized carbons (Fsp3) is 0.647. The Morgan fingerprint density at radius 1 is 1.39 bits per heavy atom. The number of likely N-dealkylation sites (tertiary alicyclic amines) is 1. The van der Waals surface area contributed by atoms with Crippen molar-refractivity contribution in [3.63, 3.8) is 0 Å². The first-order chi connectivity index (χ1) is 12.9. The molecule has 0 saturated carbocycles. The molecule has 2 rings (SSSR count). The number of halogens is 4. The number of aliphatic imine (C=N–C) groups is 1. The van der Waals surface area contributed by atoms with Crippen molar-refractivity contribution in [1.82, 2.24) is 20.5 Å². The van der Waals surface area contributed by atoms with Crippen molar-refractivity contribution in [2.24, 2.45) is 4.99 Å². The third kappa shape index (κ3) is 8.78. The summed E-state index contributed by atoms with van der Waals surface area (Å²) in [5, 5.41) is 6.33. The van der Waals surface area contributed by atoms with Crippen molar-refractivity contribution in [1.29, 1.82) is 0 Å². The van der Waals surface area contributed by atoms with Crippen LogP contribution in [-0.2, 0) is 11.3 Å². The third-order valence-electron chi connectivity index (χ3n) is 4.06. The Labute approximate surface area is 180 Å². The summed E-state index contributed by atoms with van der Waals surface area (Å²) in [6.45, 7) is 1.14. The minimum atomic E-state index is -4.17. The number of methoxy groups -OCH3 is 1. The zero-order chi connectivity index (χ0) is 19.7. The Morgan fingerprint density at radius 3 is 2.86 bits per heavy atom. The van der Waals surface area contributed by atoms with Gasteiger partial charge in [0.15, 0.2) is 5.96 Å². The van der Waals surface area contributed by atoms with E-state index in [0.717, 1.165) is 5.56 Å². The summed E-state index contributed by atoms with van der Waals surface area (Å²) in [6.07, 6.45) is -1.89. The van der Waals surface area contributed by atoms with Crippen molar-refractivity contribution in [2.45, 2.75) is 25.2 Å². The second-order valence-electron chi connectivity index (χ2n) is 6.21. The van der Waals surface area contributed by atoms with Gasteiger partial charge in [-0.1, -0.05) is 6.07 Å². The van der Waals surface area contributed by atoms with Gasteiger partial charge in [0.1, 0.15) is 6.61 Å². The maximum atomic E-state index is 12.5. The summed E-state index contributed by atoms with van der Waals surface area (Å²) in [6, 6.07) is 3.61. The fourth-order valence-corrected chi connectivity index (χ4v) is 2.82. The van der Waals surface area contributed by atoms with E-state index in [4.69, 9.17) is 9.47 Å². The van der Waals surface area contributed by atoms with Gasteiger partial charge in [0.2, 0.25) is 5.88 Å². The van der Waals surface area contributed by atoms with E-state index in [1.807, 2.05) is 12.1 Å². The molecule has 11 heteroatoms. The fourth-order valence-electron chi connectivity index (χ4n) is 2.82. The zero-order valence-electron chi connectivity index (χ0n) is 16.0. The molecule has 0 aromatic carbocycles. The summed E-state index contributed by atoms with van der Waals surface area (Å²) in [4.78, 5) is 9.75. The number of pyridine rings is 1. The highest BCUT2D eigenvalue weighted by atomic mass is 127. The number of guanidine groups is 1. The van der Waals surface area contributed by atoms with Crippen LogP contribution in [0.2, 0.25) is 0 Å². The average Bonchev–Trinajstić information content (AvgIpc) is 3.04. The molecule has 1 aliphatic rings. The normalized spacial score (nSPS) is 17.9. The molecule has 0 aliphatic carbocycles. The molecule has 0 spiro atoms. The molecule has 0 bridgehead atoms. The molecular formula is C17H27F3IN5O2. The number of hydrogen-bond donors (Lipinski definition) is 2. The maximum absolute atomic E-state index is 12.5. The highest BCUT2D eigenvalue weighted by molar-refractivity contribution is 14.0. The summed E-state index contributed by atoms with van der Waals surface area (Å²) >= 11 is 0. The van der Waals surface area contributed by atoms with E-state index < -0.39 is 12.7 Å². The van der Waals surface area contributed by atoms with Gasteiger partial charge in [-0.05, 0) is 12.5 Å². The molecule has 1 fully saturated rings. The molecular weight excluding hydrogens is 490 g/mol. The molecule has 1 unspecified atom stereocenters. The summed E-state index contributed by atoms with van der Waals surface area (Å²) in [7, 11) is 3.22. The molecule has 1 saturated heterocycles. The van der Waals surface area contributed by atoms with Crippen LogP contribution < -0.4 is 15.4 Å². The summed E-state index contributed by atoms with van der Waals surface area (Å²) < 4.78 is 48.0. The van der Waals surface area contributed by atoms with Crippen LogP contribution >= 0.6 is 24.0 Å². The second kappa shape index (κ2) is 12.3. The minimum Gasteiger partial charge on any atom is -0.475 e. The van der Waals surface area contributed by atoms with Gasteiger partial charge in [-0.15, -0.1) is 24.0 Å². The molecule has 160 valence electrons. The van der Waals surface area contributed by atoms with Gasteiger partial charge in [0.25, 0.3) is 0 Å². The van der Waals surface area contributed by atoms with Crippen molar-refractivity contribution in [3.05, 3.63) is 23.9 Å². The Hall–Kier alpha value is -1.34. The largest absolute Gasteiger partial charge is 0.475 e. The van der Waals surface area contributed by atoms with E-state index in [2.05, 4.69) is 20.6 Å². The molecule has 1 aromatic rings. The van der Waals surface area contributed by atoms with Crippen LogP contribution in [0.15, 0.2) is 23.3 Å². The lowest BCUT2D eigenvalue weighted by Gasteiger charge is -2.20. The highest BCUT2D eigenvalue weighted by Crippen LogP contribution is 2.20. The van der Waals surface area contributed by atoms with Gasteiger partial charge in [0.05, 0.1) is 13.2 Å². The standard InChI is InChI=1S/C17H26F3N5O2.HI/c1-21-16(24-14-5-7-25(11-14)12-17(18,19)20)23-10-13-4-3-6-22-15(13)27-9-8-26-2;/h3-4,6,14H,5,7-12H2,1-2H3,(H2,21,23,24);1H. The molecule has 7 nitrogen and oxygen atoms in total. The number of nitrogens with zero attached hydrogens (tertiary/aromatic N) is 3. The van der Waals surface area contributed by atoms with Crippen LogP contribution in [0.5, 0.6) is 5.88 Å². The summed E-state index contributed by atoms with van der Waals surface area (Å²) in [5.41, 5.74) is 0.849. The van der Waals surface area contributed by atoms with E-state index in [9.17, 15) is 13.2 Å². The smallest absolute Gasteiger partial charge is 0.401 e. The summed E-state index contributed by atoms with van der Waals surface area (Å²) in [5.74, 6) is 1.04. The van der Waals surface area contributed by atoms with Gasteiger partial charge in [-0.2, -0.15) is 13.2 Å². The number of nitrogens with one attached hydrogen (secondary N) is 2. The monoisotopic (exact) mass is 517 g/mol. The first-order valence-corrected chi connectivity index (χ1v) is 8.73. The van der Waals surface area contributed by atoms with Crippen LogP contribution in [0.3, 0.4) is 0 Å². The quantitative estimate of drug-likeness (QED) is 0.238. The Kier molecular flexibility index (Phi) is 10.8. The topological polar surface area (TPSA) is 71.0 Å². The van der Waals surface area contributed by atoms with E-state index in [-0.39, 0.29) is 30.0 Å². The SMILES string of the molecule is CN=C(NCc1cccnc1OCCOC)NC1CCN(CC(F)(F)F)C1.I. The molecule has 28 heavy (non-hydrogen) atoms. The number of aromatic nitrogens is 1. The van der Waals surface area contributed by atoms with Crippen LogP contribution in [0, 0.1) is 0 Å². The molecule has 0 radical (unpaired) electrons. The minimum absolute atomic E-state index is 0. The number of hydrogen-bond acceptors (Lipinski definition) is 5. The van der Waals surface area contributed by atoms with E-state index in [1.54, 1.807) is 20.4 Å². The maximum Gasteiger partial charge on any atom is 0.401 e. The predicted octanol–water partition coefficient (Wildman–Crippen LogP) is 2.03. The van der Waals surface area contributed by atoms with Crippen LogP contribution in [-0.4, -0.2) is 75.1 Å². The number of ether oxygens (including phenoxy) is 2. The zero-order valence-corrected chi connectivity index (χ0v) is 18.3. The molecule has 1 aromatic heterocycles. The molecule has 1 aliphatic heterocycles. The third-order valence-corrected chi connectivity index (χ3v) is 4.06. The lowest BCUT2D eigenvalue weighted by molar-refractivity contribution is -0.143. The van der Waals surface area contributed by atoms with Gasteiger partial charge in [-0.25, -0.2) is 4.98 Å². The highest BCUT2D eigenvalue weighted by Gasteiger charge is 2.34. The van der Waals surface area contributed by atoms with Crippen molar-refractivity contribution >= 4 is 29.9 Å². The van der Waals surface area contributed by atoms with E-state index >= 15 is 0 Å². The lowest BCUT2D eigenvalue weighted by atomic mass is 10.2. The van der Waals surface area contributed by atoms with Crippen molar-refractivity contribution in [3.8, 4) is 5.88 Å². The van der Waals surface area contributed by atoms with Crippen LogP contribution in [0.25, 0.3) is 0 Å². The first kappa shape index (κ1) is 24.7.